The van der Waals surface area contributed by atoms with Crippen molar-refractivity contribution >= 4 is 10.0 Å². The molecule has 64 valence electrons. The summed E-state index contributed by atoms with van der Waals surface area (Å²) in [4.78, 5) is 0. The molecule has 0 aromatic heterocycles. The van der Waals surface area contributed by atoms with E-state index in [1.54, 1.807) is 0 Å². The van der Waals surface area contributed by atoms with Crippen LogP contribution in [0.5, 0.6) is 0 Å². The molecule has 0 aliphatic carbocycles. The summed E-state index contributed by atoms with van der Waals surface area (Å²) in [5.41, 5.74) is 1.99. The Kier molecular flexibility index (Phi) is 1.66. The molecule has 1 aliphatic heterocycles. The third-order valence-electron chi connectivity index (χ3n) is 1.95. The van der Waals surface area contributed by atoms with Gasteiger partial charge in [0.05, 0.1) is 5.75 Å². The Labute approximate surface area is 71.5 Å². The highest BCUT2D eigenvalue weighted by Gasteiger charge is 2.18. The van der Waals surface area contributed by atoms with Crippen LogP contribution < -0.4 is 4.72 Å². The van der Waals surface area contributed by atoms with E-state index >= 15 is 0 Å². The molecule has 0 spiro atoms. The molecule has 0 fully saturated rings. The zero-order valence-electron chi connectivity index (χ0n) is 6.45. The molecule has 0 amide bonds. The average molecular weight is 183 g/mol. The summed E-state index contributed by atoms with van der Waals surface area (Å²) in [6.07, 6.45) is 0. The van der Waals surface area contributed by atoms with Crippen LogP contribution >= 0.6 is 0 Å². The van der Waals surface area contributed by atoms with Crippen LogP contribution in [0.2, 0.25) is 0 Å². The second kappa shape index (κ2) is 2.57. The monoisotopic (exact) mass is 183 g/mol. The molecule has 2 rings (SSSR count). The Bertz CT molecular complexity index is 397. The number of nitrogens with one attached hydrogen (secondary N) is 1. The Morgan fingerprint density at radius 3 is 2.58 bits per heavy atom. The maximum atomic E-state index is 11.1. The second-order valence-electron chi connectivity index (χ2n) is 2.85. The van der Waals surface area contributed by atoms with Crippen LogP contribution in [-0.2, 0) is 22.3 Å². The highest BCUT2D eigenvalue weighted by molar-refractivity contribution is 7.88. The largest absolute Gasteiger partial charge is 0.216 e. The lowest BCUT2D eigenvalue weighted by molar-refractivity contribution is 0.575. The molecule has 0 saturated carbocycles. The lowest BCUT2D eigenvalue weighted by atomic mass is 10.1. The van der Waals surface area contributed by atoms with Gasteiger partial charge in [0, 0.05) is 6.54 Å². The van der Waals surface area contributed by atoms with Crippen LogP contribution in [0.1, 0.15) is 11.1 Å². The number of hydrogen-bond acceptors (Lipinski definition) is 2. The molecule has 12 heavy (non-hydrogen) atoms. The van der Waals surface area contributed by atoms with E-state index in [0.29, 0.717) is 6.54 Å². The fourth-order valence-corrected chi connectivity index (χ4v) is 2.48. The van der Waals surface area contributed by atoms with E-state index < -0.39 is 10.0 Å². The van der Waals surface area contributed by atoms with Gasteiger partial charge in [-0.15, -0.1) is 0 Å². The van der Waals surface area contributed by atoms with Gasteiger partial charge in [-0.2, -0.15) is 0 Å². The predicted octanol–water partition coefficient (Wildman–Crippen LogP) is 0.620. The standard InChI is InChI=1S/C8H9NO2S/c10-12(11)6-8-4-2-1-3-7(8)5-9-12/h1-4,9H,5-6H2. The van der Waals surface area contributed by atoms with Crippen LogP contribution in [0, 0.1) is 0 Å². The summed E-state index contributed by atoms with van der Waals surface area (Å²) in [7, 11) is -3.05. The van der Waals surface area contributed by atoms with Gasteiger partial charge in [0.2, 0.25) is 10.0 Å². The summed E-state index contributed by atoms with van der Waals surface area (Å²) in [5, 5.41) is 0. The molecule has 0 atom stereocenters. The van der Waals surface area contributed by atoms with Gasteiger partial charge < -0.3 is 0 Å². The van der Waals surface area contributed by atoms with Crippen molar-refractivity contribution in [1.29, 1.82) is 0 Å². The first kappa shape index (κ1) is 7.76. The van der Waals surface area contributed by atoms with E-state index in [2.05, 4.69) is 4.72 Å². The second-order valence-corrected chi connectivity index (χ2v) is 4.66. The first-order chi connectivity index (χ1) is 5.67. The van der Waals surface area contributed by atoms with Gasteiger partial charge in [-0.05, 0) is 11.1 Å². The maximum absolute atomic E-state index is 11.1. The lowest BCUT2D eigenvalue weighted by Gasteiger charge is -2.16. The quantitative estimate of drug-likeness (QED) is 0.641. The van der Waals surface area contributed by atoms with Gasteiger partial charge in [0.25, 0.3) is 0 Å². The minimum atomic E-state index is -3.05. The van der Waals surface area contributed by atoms with Crippen LogP contribution in [0.25, 0.3) is 0 Å². The van der Waals surface area contributed by atoms with Crippen LogP contribution in [0.4, 0.5) is 0 Å². The van der Waals surface area contributed by atoms with Crippen molar-refractivity contribution in [2.75, 3.05) is 0 Å². The summed E-state index contributed by atoms with van der Waals surface area (Å²) < 4.78 is 24.7. The fourth-order valence-electron chi connectivity index (χ4n) is 1.31. The molecule has 1 aromatic rings. The van der Waals surface area contributed by atoms with E-state index in [4.69, 9.17) is 0 Å². The molecule has 1 aliphatic rings. The minimum Gasteiger partial charge on any atom is -0.212 e. The van der Waals surface area contributed by atoms with Crippen molar-refractivity contribution in [2.24, 2.45) is 0 Å². The number of fused-ring (bicyclic) bond motifs is 1. The Morgan fingerprint density at radius 2 is 1.83 bits per heavy atom. The smallest absolute Gasteiger partial charge is 0.212 e. The number of benzene rings is 1. The molecule has 1 heterocycles. The maximum Gasteiger partial charge on any atom is 0.216 e. The molecule has 0 bridgehead atoms. The van der Waals surface area contributed by atoms with Crippen LogP contribution in [0.3, 0.4) is 0 Å². The van der Waals surface area contributed by atoms with E-state index in [9.17, 15) is 8.42 Å². The molecule has 0 unspecified atom stereocenters. The average Bonchev–Trinajstić information content (AvgIpc) is 2.02. The summed E-state index contributed by atoms with van der Waals surface area (Å²) in [6, 6.07) is 7.57. The van der Waals surface area contributed by atoms with E-state index in [1.807, 2.05) is 24.3 Å². The molecule has 0 saturated heterocycles. The highest BCUT2D eigenvalue weighted by atomic mass is 32.2. The normalized spacial score (nSPS) is 20.0. The van der Waals surface area contributed by atoms with Gasteiger partial charge >= 0.3 is 0 Å². The van der Waals surface area contributed by atoms with Crippen molar-refractivity contribution in [3.8, 4) is 0 Å². The summed E-state index contributed by atoms with van der Waals surface area (Å²) >= 11 is 0. The van der Waals surface area contributed by atoms with Gasteiger partial charge in [-0.1, -0.05) is 24.3 Å². The zero-order chi connectivity index (χ0) is 8.60. The third kappa shape index (κ3) is 1.35. The molecule has 1 aromatic carbocycles. The van der Waals surface area contributed by atoms with Crippen molar-refractivity contribution < 1.29 is 8.42 Å². The van der Waals surface area contributed by atoms with Crippen LogP contribution in [0.15, 0.2) is 24.3 Å². The highest BCUT2D eigenvalue weighted by Crippen LogP contribution is 2.16. The SMILES string of the molecule is O=S1(=O)Cc2ccccc2CN1. The summed E-state index contributed by atoms with van der Waals surface area (Å²) in [6.45, 7) is 0.429. The summed E-state index contributed by atoms with van der Waals surface area (Å²) in [5.74, 6) is 0.114. The van der Waals surface area contributed by atoms with E-state index in [1.165, 1.54) is 0 Å². The number of sulfonamides is 1. The zero-order valence-corrected chi connectivity index (χ0v) is 7.26. The molecular weight excluding hydrogens is 174 g/mol. The first-order valence-corrected chi connectivity index (χ1v) is 5.37. The topological polar surface area (TPSA) is 46.2 Å². The first-order valence-electron chi connectivity index (χ1n) is 3.71. The van der Waals surface area contributed by atoms with Crippen molar-refractivity contribution in [2.45, 2.75) is 12.3 Å². The van der Waals surface area contributed by atoms with Crippen molar-refractivity contribution in [3.63, 3.8) is 0 Å². The molecular formula is C8H9NO2S. The van der Waals surface area contributed by atoms with Crippen LogP contribution in [-0.4, -0.2) is 8.42 Å². The van der Waals surface area contributed by atoms with E-state index in [0.717, 1.165) is 11.1 Å². The lowest BCUT2D eigenvalue weighted by Crippen LogP contribution is -2.29. The molecule has 3 nitrogen and oxygen atoms in total. The Morgan fingerprint density at radius 1 is 1.17 bits per heavy atom. The molecule has 0 radical (unpaired) electrons. The minimum absolute atomic E-state index is 0.114. The fraction of sp³-hybridized carbons (Fsp3) is 0.250. The van der Waals surface area contributed by atoms with Gasteiger partial charge in [0.1, 0.15) is 0 Å². The molecule has 1 N–H and O–H groups in total. The number of rotatable bonds is 0. The predicted molar refractivity (Wildman–Crippen MR) is 45.9 cm³/mol. The van der Waals surface area contributed by atoms with Crippen molar-refractivity contribution in [1.82, 2.24) is 4.72 Å². The van der Waals surface area contributed by atoms with Gasteiger partial charge in [-0.25, -0.2) is 13.1 Å². The molecule has 4 heteroatoms. The Hall–Kier alpha value is -0.870. The Balaban J connectivity index is 2.48. The van der Waals surface area contributed by atoms with Gasteiger partial charge in [0.15, 0.2) is 0 Å². The third-order valence-corrected chi connectivity index (χ3v) is 3.22. The number of hydrogen-bond donors (Lipinski definition) is 1. The van der Waals surface area contributed by atoms with Gasteiger partial charge in [-0.3, -0.25) is 0 Å². The van der Waals surface area contributed by atoms with Crippen molar-refractivity contribution in [3.05, 3.63) is 35.4 Å². The van der Waals surface area contributed by atoms with E-state index in [-0.39, 0.29) is 5.75 Å².